The van der Waals surface area contributed by atoms with Crippen molar-refractivity contribution in [2.24, 2.45) is 0 Å². The van der Waals surface area contributed by atoms with Crippen LogP contribution in [0.25, 0.3) is 22.3 Å². The number of carbonyl (C=O) groups excluding carboxylic acids is 1. The fourth-order valence-corrected chi connectivity index (χ4v) is 7.22. The highest BCUT2D eigenvalue weighted by molar-refractivity contribution is 5.89. The molecule has 4 aliphatic heterocycles. The standard InChI is InChI=1S/C31H36N4O5/c1-2-31(39)24-15-26-28-19(16-35(26)29(37)23(24)18-40-30(31)38)14-21-22(27(36)7-6-25(21)32-28)17-33-12-8-20(9-13-33)34-10-4-3-5-11-34/h6-7,14-15,20,36,39H,2-5,8-13,16-18H2,1H3/t31-/m0/s1. The summed E-state index contributed by atoms with van der Waals surface area (Å²) >= 11 is 0. The zero-order valence-electron chi connectivity index (χ0n) is 23.0. The van der Waals surface area contributed by atoms with Crippen LogP contribution in [0.5, 0.6) is 5.75 Å². The molecule has 0 spiro atoms. The second kappa shape index (κ2) is 9.68. The molecule has 210 valence electrons. The van der Waals surface area contributed by atoms with Gasteiger partial charge < -0.3 is 24.4 Å². The fourth-order valence-electron chi connectivity index (χ4n) is 7.22. The molecule has 2 aromatic heterocycles. The monoisotopic (exact) mass is 544 g/mol. The topological polar surface area (TPSA) is 108 Å². The Balaban J connectivity index is 1.21. The number of piperidine rings is 2. The number of fused-ring (bicyclic) bond motifs is 5. The molecule has 4 aliphatic rings. The number of esters is 1. The molecule has 6 heterocycles. The number of aromatic nitrogens is 2. The molecule has 9 nitrogen and oxygen atoms in total. The Morgan fingerprint density at radius 2 is 1.85 bits per heavy atom. The minimum atomic E-state index is -1.84. The maximum absolute atomic E-state index is 13.5. The van der Waals surface area contributed by atoms with Crippen LogP contribution >= 0.6 is 0 Å². The number of hydrogen-bond acceptors (Lipinski definition) is 8. The summed E-state index contributed by atoms with van der Waals surface area (Å²) in [6.45, 7) is 7.00. The molecule has 2 fully saturated rings. The number of pyridine rings is 2. The van der Waals surface area contributed by atoms with Gasteiger partial charge in [-0.2, -0.15) is 0 Å². The molecule has 2 saturated heterocycles. The third-order valence-electron chi connectivity index (χ3n) is 9.62. The number of cyclic esters (lactones) is 1. The van der Waals surface area contributed by atoms with Gasteiger partial charge in [0.2, 0.25) is 0 Å². The predicted octanol–water partition coefficient (Wildman–Crippen LogP) is 3.24. The van der Waals surface area contributed by atoms with Crippen molar-refractivity contribution in [1.29, 1.82) is 0 Å². The van der Waals surface area contributed by atoms with Gasteiger partial charge >= 0.3 is 5.97 Å². The van der Waals surface area contributed by atoms with Gasteiger partial charge in [0.25, 0.3) is 5.56 Å². The molecule has 1 atom stereocenters. The van der Waals surface area contributed by atoms with Gasteiger partial charge in [-0.3, -0.25) is 9.69 Å². The molecule has 0 amide bonds. The zero-order chi connectivity index (χ0) is 27.6. The van der Waals surface area contributed by atoms with Gasteiger partial charge in [0, 0.05) is 34.7 Å². The van der Waals surface area contributed by atoms with Crippen molar-refractivity contribution in [2.45, 2.75) is 76.8 Å². The van der Waals surface area contributed by atoms with Crippen LogP contribution in [-0.4, -0.2) is 67.8 Å². The van der Waals surface area contributed by atoms with Crippen LogP contribution in [0.2, 0.25) is 0 Å². The summed E-state index contributed by atoms with van der Waals surface area (Å²) in [7, 11) is 0. The number of phenolic OH excluding ortho intramolecular Hbond substituents is 1. The van der Waals surface area contributed by atoms with Crippen LogP contribution in [0.4, 0.5) is 0 Å². The lowest BCUT2D eigenvalue weighted by molar-refractivity contribution is -0.172. The summed E-state index contributed by atoms with van der Waals surface area (Å²) in [4.78, 5) is 36.0. The first-order chi connectivity index (χ1) is 19.4. The molecule has 2 N–H and O–H groups in total. The summed E-state index contributed by atoms with van der Waals surface area (Å²) in [6, 6.07) is 7.97. The number of hydrogen-bond donors (Lipinski definition) is 2. The summed E-state index contributed by atoms with van der Waals surface area (Å²) in [5.41, 5.74) is 2.28. The molecule has 3 aromatic rings. The lowest BCUT2D eigenvalue weighted by atomic mass is 9.86. The van der Waals surface area contributed by atoms with Gasteiger partial charge in [-0.15, -0.1) is 0 Å². The first kappa shape index (κ1) is 25.7. The van der Waals surface area contributed by atoms with Gasteiger partial charge in [-0.05, 0) is 82.5 Å². The lowest BCUT2D eigenvalue weighted by Gasteiger charge is -2.40. The van der Waals surface area contributed by atoms with Crippen LogP contribution in [0.3, 0.4) is 0 Å². The van der Waals surface area contributed by atoms with Crippen molar-refractivity contribution < 1.29 is 19.7 Å². The molecular formula is C31H36N4O5. The van der Waals surface area contributed by atoms with E-state index < -0.39 is 11.6 Å². The highest BCUT2D eigenvalue weighted by Crippen LogP contribution is 2.40. The third-order valence-corrected chi connectivity index (χ3v) is 9.62. The minimum absolute atomic E-state index is 0.109. The van der Waals surface area contributed by atoms with Gasteiger partial charge in [-0.25, -0.2) is 9.78 Å². The Hall–Kier alpha value is -3.27. The van der Waals surface area contributed by atoms with Crippen LogP contribution < -0.4 is 5.56 Å². The third kappa shape index (κ3) is 3.97. The Morgan fingerprint density at radius 3 is 2.60 bits per heavy atom. The first-order valence-electron chi connectivity index (χ1n) is 14.7. The molecular weight excluding hydrogens is 508 g/mol. The van der Waals surface area contributed by atoms with Gasteiger partial charge in [-0.1, -0.05) is 13.3 Å². The highest BCUT2D eigenvalue weighted by Gasteiger charge is 2.45. The number of rotatable bonds is 4. The molecule has 0 saturated carbocycles. The lowest BCUT2D eigenvalue weighted by Crippen LogP contribution is -2.46. The fraction of sp³-hybridized carbons (Fsp3) is 0.516. The number of likely N-dealkylation sites (tertiary alicyclic amines) is 2. The van der Waals surface area contributed by atoms with Crippen LogP contribution in [0.15, 0.2) is 29.1 Å². The van der Waals surface area contributed by atoms with Crippen LogP contribution in [0, 0.1) is 0 Å². The number of ether oxygens (including phenoxy) is 1. The molecule has 0 aliphatic carbocycles. The smallest absolute Gasteiger partial charge is 0.343 e. The number of nitrogens with zero attached hydrogens (tertiary/aromatic N) is 4. The van der Waals surface area contributed by atoms with E-state index in [1.807, 2.05) is 12.1 Å². The largest absolute Gasteiger partial charge is 0.508 e. The van der Waals surface area contributed by atoms with E-state index in [4.69, 9.17) is 9.72 Å². The molecule has 0 unspecified atom stereocenters. The Bertz CT molecular complexity index is 1570. The van der Waals surface area contributed by atoms with Crippen molar-refractivity contribution in [1.82, 2.24) is 19.4 Å². The van der Waals surface area contributed by atoms with E-state index in [9.17, 15) is 19.8 Å². The van der Waals surface area contributed by atoms with Crippen molar-refractivity contribution in [3.05, 3.63) is 56.9 Å². The zero-order valence-corrected chi connectivity index (χ0v) is 23.0. The average Bonchev–Trinajstić information content (AvgIpc) is 3.34. The molecule has 1 aromatic carbocycles. The maximum Gasteiger partial charge on any atom is 0.343 e. The van der Waals surface area contributed by atoms with Crippen molar-refractivity contribution in [3.63, 3.8) is 0 Å². The van der Waals surface area contributed by atoms with E-state index in [-0.39, 0.29) is 24.3 Å². The quantitative estimate of drug-likeness (QED) is 0.377. The van der Waals surface area contributed by atoms with Crippen molar-refractivity contribution >= 4 is 16.9 Å². The SMILES string of the molecule is CC[C@@]1(O)C(=O)OCc2c1cc1n(c2=O)Cc2cc3c(CN4CCC(N5CCCCC5)CC4)c(O)ccc3nc2-1. The average molecular weight is 545 g/mol. The van der Waals surface area contributed by atoms with E-state index in [0.717, 1.165) is 48.0 Å². The maximum atomic E-state index is 13.5. The highest BCUT2D eigenvalue weighted by atomic mass is 16.6. The van der Waals surface area contributed by atoms with Crippen molar-refractivity contribution in [2.75, 3.05) is 26.2 Å². The molecule has 0 radical (unpaired) electrons. The molecule has 7 rings (SSSR count). The van der Waals surface area contributed by atoms with E-state index in [2.05, 4.69) is 9.80 Å². The number of carbonyl (C=O) groups is 1. The Labute approximate surface area is 233 Å². The molecule has 9 heteroatoms. The molecule has 0 bridgehead atoms. The number of aromatic hydroxyl groups is 1. The first-order valence-corrected chi connectivity index (χ1v) is 14.7. The normalized spacial score (nSPS) is 23.6. The Kier molecular flexibility index (Phi) is 6.21. The predicted molar refractivity (Wildman–Crippen MR) is 150 cm³/mol. The van der Waals surface area contributed by atoms with Gasteiger partial charge in [0.05, 0.1) is 29.0 Å². The summed E-state index contributed by atoms with van der Waals surface area (Å²) in [5.74, 6) is -0.462. The number of phenols is 1. The summed E-state index contributed by atoms with van der Waals surface area (Å²) in [6.07, 6.45) is 6.38. The summed E-state index contributed by atoms with van der Waals surface area (Å²) in [5, 5.41) is 22.9. The molecule has 40 heavy (non-hydrogen) atoms. The van der Waals surface area contributed by atoms with E-state index in [1.165, 1.54) is 32.4 Å². The number of aliphatic hydroxyl groups is 1. The van der Waals surface area contributed by atoms with Gasteiger partial charge in [0.15, 0.2) is 5.60 Å². The minimum Gasteiger partial charge on any atom is -0.508 e. The van der Waals surface area contributed by atoms with Crippen LogP contribution in [0.1, 0.15) is 67.7 Å². The Morgan fingerprint density at radius 1 is 1.07 bits per heavy atom. The second-order valence-electron chi connectivity index (χ2n) is 11.8. The van der Waals surface area contributed by atoms with Gasteiger partial charge in [0.1, 0.15) is 12.4 Å². The van der Waals surface area contributed by atoms with E-state index in [1.54, 1.807) is 23.6 Å². The van der Waals surface area contributed by atoms with E-state index >= 15 is 0 Å². The second-order valence-corrected chi connectivity index (χ2v) is 11.8. The summed E-state index contributed by atoms with van der Waals surface area (Å²) < 4.78 is 6.83. The van der Waals surface area contributed by atoms with Crippen molar-refractivity contribution in [3.8, 4) is 17.1 Å². The number of benzene rings is 1. The van der Waals surface area contributed by atoms with Crippen LogP contribution in [-0.2, 0) is 34.8 Å². The van der Waals surface area contributed by atoms with E-state index in [0.29, 0.717) is 41.6 Å².